The van der Waals surface area contributed by atoms with Crippen molar-refractivity contribution in [2.45, 2.75) is 45.6 Å². The first kappa shape index (κ1) is 21.6. The fourth-order valence-corrected chi connectivity index (χ4v) is 3.94. The molecule has 0 aliphatic carbocycles. The van der Waals surface area contributed by atoms with Gasteiger partial charge in [0.1, 0.15) is 18.1 Å². The van der Waals surface area contributed by atoms with Crippen molar-refractivity contribution in [2.75, 3.05) is 17.2 Å². The van der Waals surface area contributed by atoms with Gasteiger partial charge in [-0.05, 0) is 31.5 Å². The van der Waals surface area contributed by atoms with Crippen molar-refractivity contribution in [3.8, 4) is 5.75 Å². The van der Waals surface area contributed by atoms with E-state index in [2.05, 4.69) is 27.6 Å². The van der Waals surface area contributed by atoms with Gasteiger partial charge in [-0.3, -0.25) is 4.79 Å². The molecular weight excluding hydrogens is 402 g/mol. The van der Waals surface area contributed by atoms with Crippen molar-refractivity contribution >= 4 is 17.5 Å². The van der Waals surface area contributed by atoms with Crippen molar-refractivity contribution in [2.24, 2.45) is 0 Å². The average Bonchev–Trinajstić information content (AvgIpc) is 3.27. The lowest BCUT2D eigenvalue weighted by molar-refractivity contribution is -0.113. The number of anilines is 2. The van der Waals surface area contributed by atoms with Gasteiger partial charge in [0.15, 0.2) is 0 Å². The van der Waals surface area contributed by atoms with Gasteiger partial charge < -0.3 is 15.4 Å². The van der Waals surface area contributed by atoms with Gasteiger partial charge in [-0.2, -0.15) is 10.1 Å². The number of benzene rings is 2. The number of nitrogens with zero attached hydrogens (tertiary/aromatic N) is 3. The Kier molecular flexibility index (Phi) is 6.84. The van der Waals surface area contributed by atoms with Crippen LogP contribution < -0.4 is 15.4 Å². The molecule has 0 saturated heterocycles. The minimum absolute atomic E-state index is 0.190. The third-order valence-corrected chi connectivity index (χ3v) is 5.54. The van der Waals surface area contributed by atoms with Crippen molar-refractivity contribution in [1.29, 1.82) is 0 Å². The molecule has 0 bridgehead atoms. The Labute approximate surface area is 188 Å². The van der Waals surface area contributed by atoms with Gasteiger partial charge in [0.2, 0.25) is 5.95 Å². The van der Waals surface area contributed by atoms with Crippen LogP contribution in [0.3, 0.4) is 0 Å². The molecule has 0 unspecified atom stereocenters. The maximum atomic E-state index is 13.4. The van der Waals surface area contributed by atoms with Gasteiger partial charge >= 0.3 is 0 Å². The molecule has 1 aliphatic heterocycles. The molecule has 0 fully saturated rings. The van der Waals surface area contributed by atoms with E-state index >= 15 is 0 Å². The van der Waals surface area contributed by atoms with Crippen molar-refractivity contribution in [3.05, 3.63) is 77.8 Å². The van der Waals surface area contributed by atoms with Crippen LogP contribution in [-0.4, -0.2) is 27.3 Å². The van der Waals surface area contributed by atoms with Crippen LogP contribution in [0.15, 0.2) is 72.2 Å². The molecule has 3 aromatic rings. The Hall–Kier alpha value is -3.61. The van der Waals surface area contributed by atoms with E-state index in [0.717, 1.165) is 35.5 Å². The summed E-state index contributed by atoms with van der Waals surface area (Å²) in [6.07, 6.45) is 6.02. The molecule has 7 nitrogen and oxygen atoms in total. The summed E-state index contributed by atoms with van der Waals surface area (Å²) in [4.78, 5) is 17.7. The zero-order chi connectivity index (χ0) is 22.3. The number of hydrogen-bond donors (Lipinski definition) is 2. The van der Waals surface area contributed by atoms with E-state index in [1.54, 1.807) is 4.68 Å². The minimum atomic E-state index is -0.454. The summed E-state index contributed by atoms with van der Waals surface area (Å²) >= 11 is 0. The molecule has 166 valence electrons. The Bertz CT molecular complexity index is 1090. The number of carbonyl (C=O) groups excluding carboxylic acids is 1. The molecule has 0 saturated carbocycles. The standard InChI is InChI=1S/C25H29N5O2/c1-3-4-5-11-16-32-21-15-10-9-14-20(21)23-22(18(2)28-25-26-17-27-30(23)25)24(31)29-19-12-7-6-8-13-19/h6-10,12-15,17,23H,3-5,11,16H2,1-2H3,(H,29,31)(H,26,27,28)/t23-/m0/s1. The number of aromatic nitrogens is 3. The maximum Gasteiger partial charge on any atom is 0.255 e. The number of carbonyl (C=O) groups is 1. The van der Waals surface area contributed by atoms with Crippen LogP contribution >= 0.6 is 0 Å². The molecule has 7 heteroatoms. The molecule has 4 rings (SSSR count). The molecule has 1 aliphatic rings. The highest BCUT2D eigenvalue weighted by atomic mass is 16.5. The molecule has 32 heavy (non-hydrogen) atoms. The molecule has 2 heterocycles. The molecule has 1 amide bonds. The largest absolute Gasteiger partial charge is 0.493 e. The molecule has 2 N–H and O–H groups in total. The van der Waals surface area contributed by atoms with E-state index in [-0.39, 0.29) is 5.91 Å². The first-order valence-electron chi connectivity index (χ1n) is 11.1. The topological polar surface area (TPSA) is 81.1 Å². The highest BCUT2D eigenvalue weighted by Gasteiger charge is 2.35. The number of para-hydroxylation sites is 2. The SMILES string of the molecule is CCCCCCOc1ccccc1[C@H]1C(C(=O)Nc2ccccc2)=C(C)Nc2ncnn21. The lowest BCUT2D eigenvalue weighted by Gasteiger charge is -2.29. The smallest absolute Gasteiger partial charge is 0.255 e. The van der Waals surface area contributed by atoms with Gasteiger partial charge in [0, 0.05) is 16.9 Å². The zero-order valence-electron chi connectivity index (χ0n) is 18.5. The predicted octanol–water partition coefficient (Wildman–Crippen LogP) is 5.16. The number of nitrogens with one attached hydrogen (secondary N) is 2. The van der Waals surface area contributed by atoms with Crippen molar-refractivity contribution in [1.82, 2.24) is 14.8 Å². The number of unbranched alkanes of at least 4 members (excludes halogenated alkanes) is 3. The van der Waals surface area contributed by atoms with E-state index in [4.69, 9.17) is 4.74 Å². The molecule has 1 atom stereocenters. The highest BCUT2D eigenvalue weighted by molar-refractivity contribution is 6.06. The van der Waals surface area contributed by atoms with Crippen molar-refractivity contribution in [3.63, 3.8) is 0 Å². The summed E-state index contributed by atoms with van der Waals surface area (Å²) in [6, 6.07) is 16.8. The zero-order valence-corrected chi connectivity index (χ0v) is 18.5. The quantitative estimate of drug-likeness (QED) is 0.457. The van der Waals surface area contributed by atoms with Crippen molar-refractivity contribution < 1.29 is 9.53 Å². The second-order valence-electron chi connectivity index (χ2n) is 7.86. The third kappa shape index (κ3) is 4.66. The third-order valence-electron chi connectivity index (χ3n) is 5.54. The normalized spacial score (nSPS) is 15.1. The van der Waals surface area contributed by atoms with Gasteiger partial charge in [-0.15, -0.1) is 0 Å². The molecule has 2 aromatic carbocycles. The number of hydrogen-bond acceptors (Lipinski definition) is 5. The van der Waals surface area contributed by atoms with E-state index in [0.29, 0.717) is 18.1 Å². The number of fused-ring (bicyclic) bond motifs is 1. The number of rotatable bonds is 9. The van der Waals surface area contributed by atoms with E-state index < -0.39 is 6.04 Å². The molecule has 0 spiro atoms. The fourth-order valence-electron chi connectivity index (χ4n) is 3.94. The highest BCUT2D eigenvalue weighted by Crippen LogP contribution is 2.39. The number of amides is 1. The summed E-state index contributed by atoms with van der Waals surface area (Å²) in [5.41, 5.74) is 2.94. The average molecular weight is 432 g/mol. The van der Waals surface area contributed by atoms with Gasteiger partial charge in [-0.25, -0.2) is 4.68 Å². The Morgan fingerprint density at radius 3 is 2.69 bits per heavy atom. The number of allylic oxidation sites excluding steroid dienone is 1. The van der Waals surface area contributed by atoms with Crippen LogP contribution in [0.5, 0.6) is 5.75 Å². The first-order valence-corrected chi connectivity index (χ1v) is 11.1. The fraction of sp³-hybridized carbons (Fsp3) is 0.320. The molecular formula is C25H29N5O2. The van der Waals surface area contributed by atoms with Gasteiger partial charge in [0.25, 0.3) is 5.91 Å². The van der Waals surface area contributed by atoms with E-state index in [1.165, 1.54) is 19.2 Å². The van der Waals surface area contributed by atoms with E-state index in [9.17, 15) is 4.79 Å². The second-order valence-corrected chi connectivity index (χ2v) is 7.86. The van der Waals surface area contributed by atoms with Crippen LogP contribution in [0, 0.1) is 0 Å². The minimum Gasteiger partial charge on any atom is -0.493 e. The Morgan fingerprint density at radius 2 is 1.88 bits per heavy atom. The van der Waals surface area contributed by atoms with Crippen LogP contribution in [0.2, 0.25) is 0 Å². The van der Waals surface area contributed by atoms with Crippen LogP contribution in [0.1, 0.15) is 51.1 Å². The van der Waals surface area contributed by atoms with E-state index in [1.807, 2.05) is 61.5 Å². The summed E-state index contributed by atoms with van der Waals surface area (Å²) in [6.45, 7) is 4.72. The molecule has 1 aromatic heterocycles. The van der Waals surface area contributed by atoms with Crippen LogP contribution in [-0.2, 0) is 4.79 Å². The maximum absolute atomic E-state index is 13.4. The lowest BCUT2D eigenvalue weighted by Crippen LogP contribution is -2.31. The monoisotopic (exact) mass is 431 g/mol. The summed E-state index contributed by atoms with van der Waals surface area (Å²) in [7, 11) is 0. The summed E-state index contributed by atoms with van der Waals surface area (Å²) < 4.78 is 7.92. The van der Waals surface area contributed by atoms with Crippen LogP contribution in [0.25, 0.3) is 0 Å². The Balaban J connectivity index is 1.67. The summed E-state index contributed by atoms with van der Waals surface area (Å²) in [5.74, 6) is 1.17. The number of ether oxygens (including phenoxy) is 1. The first-order chi connectivity index (χ1) is 15.7. The Morgan fingerprint density at radius 1 is 1.09 bits per heavy atom. The predicted molar refractivity (Wildman–Crippen MR) is 126 cm³/mol. The summed E-state index contributed by atoms with van der Waals surface area (Å²) in [5, 5.41) is 10.6. The lowest BCUT2D eigenvalue weighted by atomic mass is 9.94. The van der Waals surface area contributed by atoms with Gasteiger partial charge in [-0.1, -0.05) is 62.6 Å². The van der Waals surface area contributed by atoms with Gasteiger partial charge in [0.05, 0.1) is 12.2 Å². The molecule has 0 radical (unpaired) electrons. The second kappa shape index (κ2) is 10.1. The van der Waals surface area contributed by atoms with Crippen LogP contribution in [0.4, 0.5) is 11.6 Å².